The van der Waals surface area contributed by atoms with Crippen LogP contribution >= 0.6 is 0 Å². The molecule has 1 aliphatic heterocycles. The van der Waals surface area contributed by atoms with Crippen molar-refractivity contribution in [2.75, 3.05) is 13.2 Å². The van der Waals surface area contributed by atoms with Crippen molar-refractivity contribution >= 4 is 5.78 Å². The number of hydrogen-bond acceptors (Lipinski definition) is 4. The van der Waals surface area contributed by atoms with Gasteiger partial charge in [0.2, 0.25) is 0 Å². The first-order valence-electron chi connectivity index (χ1n) is 9.96. The van der Waals surface area contributed by atoms with E-state index in [1.807, 2.05) is 25.1 Å². The van der Waals surface area contributed by atoms with Crippen LogP contribution in [0.5, 0.6) is 0 Å². The van der Waals surface area contributed by atoms with E-state index in [4.69, 9.17) is 9.47 Å². The van der Waals surface area contributed by atoms with Gasteiger partial charge in [-0.25, -0.2) is 0 Å². The Morgan fingerprint density at radius 1 is 1.07 bits per heavy atom. The largest absolute Gasteiger partial charge is 0.385 e. The first kappa shape index (κ1) is 20.2. The quantitative estimate of drug-likeness (QED) is 0.818. The molecule has 0 spiro atoms. The Morgan fingerprint density at radius 3 is 2.41 bits per heavy atom. The predicted molar refractivity (Wildman–Crippen MR) is 105 cm³/mol. The molecule has 1 aromatic carbocycles. The topological polar surface area (TPSA) is 55.8 Å². The van der Waals surface area contributed by atoms with Gasteiger partial charge >= 0.3 is 0 Å². The molecule has 0 radical (unpaired) electrons. The summed E-state index contributed by atoms with van der Waals surface area (Å²) in [6.07, 6.45) is 6.38. The minimum Gasteiger partial charge on any atom is -0.385 e. The molecule has 0 amide bonds. The standard InChI is InChI=1S/C23H32O4/c1-21(2)16-26-22(3,27-17-21)12-10-19-15-20(24)11-14-23(19,25)13-9-18-7-5-4-6-8-18/h4-8,11,14,19,25H,9-10,12-13,15-17H2,1-3H3. The SMILES string of the molecule is CC1(C)COC(C)(CCC2CC(=O)C=CC2(O)CCc2ccccc2)OC1. The molecule has 4 nitrogen and oxygen atoms in total. The number of aryl methyl sites for hydroxylation is 1. The van der Waals surface area contributed by atoms with Crippen LogP contribution in [0.15, 0.2) is 42.5 Å². The van der Waals surface area contributed by atoms with E-state index in [0.717, 1.165) is 6.42 Å². The molecule has 0 saturated carbocycles. The number of hydrogen-bond donors (Lipinski definition) is 1. The van der Waals surface area contributed by atoms with Crippen molar-refractivity contribution in [2.45, 2.75) is 64.3 Å². The van der Waals surface area contributed by atoms with E-state index in [-0.39, 0.29) is 17.1 Å². The van der Waals surface area contributed by atoms with Gasteiger partial charge in [0.25, 0.3) is 0 Å². The third kappa shape index (κ3) is 5.28. The minimum absolute atomic E-state index is 0.0273. The summed E-state index contributed by atoms with van der Waals surface area (Å²) in [5.74, 6) is -0.668. The van der Waals surface area contributed by atoms with Gasteiger partial charge in [0.15, 0.2) is 11.6 Å². The molecule has 1 fully saturated rings. The monoisotopic (exact) mass is 372 g/mol. The highest BCUT2D eigenvalue weighted by molar-refractivity contribution is 5.91. The molecule has 1 aliphatic carbocycles. The molecule has 1 saturated heterocycles. The van der Waals surface area contributed by atoms with Gasteiger partial charge in [0, 0.05) is 18.3 Å². The summed E-state index contributed by atoms with van der Waals surface area (Å²) in [6, 6.07) is 10.2. The molecule has 1 heterocycles. The third-order valence-corrected chi connectivity index (χ3v) is 5.85. The number of aliphatic hydroxyl groups is 1. The molecule has 4 heteroatoms. The summed E-state index contributed by atoms with van der Waals surface area (Å²) >= 11 is 0. The first-order chi connectivity index (χ1) is 12.7. The minimum atomic E-state index is -0.964. The number of carbonyl (C=O) groups is 1. The molecule has 0 aromatic heterocycles. The van der Waals surface area contributed by atoms with Crippen molar-refractivity contribution in [3.63, 3.8) is 0 Å². The van der Waals surface area contributed by atoms with Gasteiger partial charge in [-0.2, -0.15) is 0 Å². The Labute approximate surface area is 162 Å². The Hall–Kier alpha value is -1.49. The van der Waals surface area contributed by atoms with Gasteiger partial charge in [-0.15, -0.1) is 0 Å². The van der Waals surface area contributed by atoms with E-state index in [0.29, 0.717) is 38.9 Å². The molecule has 148 valence electrons. The number of allylic oxidation sites excluding steroid dienone is 1. The zero-order valence-corrected chi connectivity index (χ0v) is 16.7. The van der Waals surface area contributed by atoms with E-state index in [1.54, 1.807) is 12.2 Å². The summed E-state index contributed by atoms with van der Waals surface area (Å²) in [4.78, 5) is 12.0. The Morgan fingerprint density at radius 2 is 1.74 bits per heavy atom. The molecule has 2 unspecified atom stereocenters. The van der Waals surface area contributed by atoms with Crippen LogP contribution in [-0.2, 0) is 20.7 Å². The summed E-state index contributed by atoms with van der Waals surface area (Å²) in [6.45, 7) is 7.53. The van der Waals surface area contributed by atoms with E-state index >= 15 is 0 Å². The van der Waals surface area contributed by atoms with Gasteiger partial charge in [-0.05, 0) is 49.8 Å². The van der Waals surface area contributed by atoms with Gasteiger partial charge in [-0.1, -0.05) is 44.2 Å². The lowest BCUT2D eigenvalue weighted by Crippen LogP contribution is -2.47. The van der Waals surface area contributed by atoms with Crippen LogP contribution in [0.3, 0.4) is 0 Å². The third-order valence-electron chi connectivity index (χ3n) is 5.85. The molecule has 2 aliphatic rings. The van der Waals surface area contributed by atoms with Gasteiger partial charge in [-0.3, -0.25) is 4.79 Å². The molecular formula is C23H32O4. The average molecular weight is 373 g/mol. The Bertz CT molecular complexity index is 669. The highest BCUT2D eigenvalue weighted by atomic mass is 16.7. The van der Waals surface area contributed by atoms with Crippen LogP contribution in [0.4, 0.5) is 0 Å². The van der Waals surface area contributed by atoms with Crippen molar-refractivity contribution in [3.05, 3.63) is 48.0 Å². The highest BCUT2D eigenvalue weighted by Gasteiger charge is 2.41. The maximum absolute atomic E-state index is 12.0. The number of benzene rings is 1. The molecular weight excluding hydrogens is 340 g/mol. The maximum atomic E-state index is 12.0. The number of ether oxygens (including phenoxy) is 2. The van der Waals surface area contributed by atoms with Crippen molar-refractivity contribution in [1.29, 1.82) is 0 Å². The lowest BCUT2D eigenvalue weighted by molar-refractivity contribution is -0.293. The zero-order valence-electron chi connectivity index (χ0n) is 16.7. The van der Waals surface area contributed by atoms with Gasteiger partial charge < -0.3 is 14.6 Å². The van der Waals surface area contributed by atoms with E-state index in [2.05, 4.69) is 26.0 Å². The fourth-order valence-electron chi connectivity index (χ4n) is 3.85. The van der Waals surface area contributed by atoms with E-state index < -0.39 is 11.4 Å². The Kier molecular flexibility index (Phi) is 5.90. The smallest absolute Gasteiger partial charge is 0.165 e. The van der Waals surface area contributed by atoms with E-state index in [1.165, 1.54) is 5.56 Å². The molecule has 2 atom stereocenters. The van der Waals surface area contributed by atoms with Crippen molar-refractivity contribution in [3.8, 4) is 0 Å². The number of rotatable bonds is 6. The summed E-state index contributed by atoms with van der Waals surface area (Å²) in [5.41, 5.74) is 0.260. The second-order valence-corrected chi connectivity index (χ2v) is 9.09. The predicted octanol–water partition coefficient (Wildman–Crippen LogP) is 4.06. The van der Waals surface area contributed by atoms with Crippen LogP contribution in [0.2, 0.25) is 0 Å². The van der Waals surface area contributed by atoms with Crippen LogP contribution in [0.25, 0.3) is 0 Å². The molecule has 1 aromatic rings. The van der Waals surface area contributed by atoms with Crippen molar-refractivity contribution in [2.24, 2.45) is 11.3 Å². The molecule has 0 bridgehead atoms. The fourth-order valence-corrected chi connectivity index (χ4v) is 3.85. The van der Waals surface area contributed by atoms with Gasteiger partial charge in [0.05, 0.1) is 18.8 Å². The van der Waals surface area contributed by atoms with E-state index in [9.17, 15) is 9.90 Å². The van der Waals surface area contributed by atoms with Crippen LogP contribution in [0, 0.1) is 11.3 Å². The molecule has 27 heavy (non-hydrogen) atoms. The lowest BCUT2D eigenvalue weighted by Gasteiger charge is -2.43. The van der Waals surface area contributed by atoms with Gasteiger partial charge in [0.1, 0.15) is 0 Å². The summed E-state index contributed by atoms with van der Waals surface area (Å²) in [7, 11) is 0. The fraction of sp³-hybridized carbons (Fsp3) is 0.609. The number of carbonyl (C=O) groups excluding carboxylic acids is 1. The zero-order chi connectivity index (χ0) is 19.5. The number of ketones is 1. The summed E-state index contributed by atoms with van der Waals surface area (Å²) in [5, 5.41) is 11.3. The van der Waals surface area contributed by atoms with Crippen LogP contribution in [-0.4, -0.2) is 35.5 Å². The highest BCUT2D eigenvalue weighted by Crippen LogP contribution is 2.39. The Balaban J connectivity index is 1.63. The normalized spacial score (nSPS) is 29.6. The first-order valence-corrected chi connectivity index (χ1v) is 9.96. The molecule has 3 rings (SSSR count). The van der Waals surface area contributed by atoms with Crippen molar-refractivity contribution in [1.82, 2.24) is 0 Å². The maximum Gasteiger partial charge on any atom is 0.165 e. The second kappa shape index (κ2) is 7.86. The second-order valence-electron chi connectivity index (χ2n) is 9.09. The molecule has 1 N–H and O–H groups in total. The lowest BCUT2D eigenvalue weighted by atomic mass is 9.73. The summed E-state index contributed by atoms with van der Waals surface area (Å²) < 4.78 is 12.0. The average Bonchev–Trinajstić information content (AvgIpc) is 2.65. The van der Waals surface area contributed by atoms with Crippen LogP contribution < -0.4 is 0 Å². The van der Waals surface area contributed by atoms with Crippen LogP contribution in [0.1, 0.15) is 52.0 Å². The van der Waals surface area contributed by atoms with Crippen molar-refractivity contribution < 1.29 is 19.4 Å².